The van der Waals surface area contributed by atoms with Gasteiger partial charge in [0.1, 0.15) is 4.95 Å². The Balaban J connectivity index is 2.63. The van der Waals surface area contributed by atoms with Crippen LogP contribution in [0.1, 0.15) is 21.6 Å². The summed E-state index contributed by atoms with van der Waals surface area (Å²) in [5.41, 5.74) is 0.304. The highest BCUT2D eigenvalue weighted by Crippen LogP contribution is 2.42. The number of rotatable bonds is 0. The van der Waals surface area contributed by atoms with E-state index < -0.39 is 16.7 Å². The monoisotopic (exact) mass is 291 g/mol. The predicted molar refractivity (Wildman–Crippen MR) is 59.9 cm³/mol. The van der Waals surface area contributed by atoms with Crippen molar-refractivity contribution in [3.05, 3.63) is 41.1 Å². The highest BCUT2D eigenvalue weighted by molar-refractivity contribution is 9.09. The van der Waals surface area contributed by atoms with Gasteiger partial charge in [0.05, 0.1) is 5.56 Å². The van der Waals surface area contributed by atoms with Crippen LogP contribution in [0.2, 0.25) is 0 Å². The third-order valence-corrected chi connectivity index (χ3v) is 3.63. The summed E-state index contributed by atoms with van der Waals surface area (Å²) >= 11 is 3.27. The number of hydrogen-bond donors (Lipinski definition) is 0. The number of hydrogen-bond acceptors (Lipinski definition) is 1. The molecule has 16 heavy (non-hydrogen) atoms. The Morgan fingerprint density at radius 1 is 1.31 bits per heavy atom. The number of fused-ring (bicyclic) bond motifs is 1. The second kappa shape index (κ2) is 3.80. The molecule has 1 atom stereocenters. The van der Waals surface area contributed by atoms with E-state index in [2.05, 4.69) is 15.9 Å². The van der Waals surface area contributed by atoms with E-state index in [0.29, 0.717) is 5.56 Å². The van der Waals surface area contributed by atoms with Crippen LogP contribution >= 0.6 is 15.9 Å². The van der Waals surface area contributed by atoms with Gasteiger partial charge >= 0.3 is 6.18 Å². The van der Waals surface area contributed by atoms with E-state index in [4.69, 9.17) is 0 Å². The van der Waals surface area contributed by atoms with Crippen molar-refractivity contribution in [3.8, 4) is 0 Å². The first-order valence-corrected chi connectivity index (χ1v) is 5.57. The molecule has 1 aromatic carbocycles. The average Bonchev–Trinajstić information content (AvgIpc) is 2.21. The maximum atomic E-state index is 12.8. The van der Waals surface area contributed by atoms with E-state index in [1.807, 2.05) is 0 Å². The summed E-state index contributed by atoms with van der Waals surface area (Å²) in [7, 11) is 1.73. The van der Waals surface area contributed by atoms with Crippen molar-refractivity contribution in [3.63, 3.8) is 0 Å². The standard InChI is InChI=1S/C11H9BrF3N/c1-16-6-5-7-3-2-4-8(11(13,14)15)9(7)10(16)12/h2-6,10H,1H3. The molecule has 0 aromatic heterocycles. The lowest BCUT2D eigenvalue weighted by Gasteiger charge is -2.29. The summed E-state index contributed by atoms with van der Waals surface area (Å²) in [5, 5.41) is 0. The van der Waals surface area contributed by atoms with Gasteiger partial charge in [0, 0.05) is 18.8 Å². The minimum absolute atomic E-state index is 0.278. The van der Waals surface area contributed by atoms with Crippen molar-refractivity contribution in [1.82, 2.24) is 4.90 Å². The molecule has 0 radical (unpaired) electrons. The zero-order valence-corrected chi connectivity index (χ0v) is 10.0. The van der Waals surface area contributed by atoms with Gasteiger partial charge in [-0.3, -0.25) is 0 Å². The smallest absolute Gasteiger partial charge is 0.364 e. The topological polar surface area (TPSA) is 3.24 Å². The third-order valence-electron chi connectivity index (χ3n) is 2.53. The molecule has 1 aliphatic rings. The zero-order chi connectivity index (χ0) is 11.9. The number of nitrogens with zero attached hydrogens (tertiary/aromatic N) is 1. The second-order valence-corrected chi connectivity index (χ2v) is 4.49. The molecule has 0 N–H and O–H groups in total. The third kappa shape index (κ3) is 1.84. The van der Waals surface area contributed by atoms with Gasteiger partial charge in [-0.05, 0) is 17.7 Å². The predicted octanol–water partition coefficient (Wildman–Crippen LogP) is 4.02. The molecule has 2 rings (SSSR count). The Labute approximate surface area is 99.7 Å². The quantitative estimate of drug-likeness (QED) is 0.516. The van der Waals surface area contributed by atoms with E-state index in [1.165, 1.54) is 6.07 Å². The molecule has 0 saturated heterocycles. The van der Waals surface area contributed by atoms with Crippen LogP contribution in [0.25, 0.3) is 6.08 Å². The average molecular weight is 292 g/mol. The Morgan fingerprint density at radius 2 is 2.00 bits per heavy atom. The van der Waals surface area contributed by atoms with Crippen LogP contribution in [-0.2, 0) is 6.18 Å². The fourth-order valence-corrected chi connectivity index (χ4v) is 2.37. The Bertz CT molecular complexity index is 439. The molecule has 1 aromatic rings. The first kappa shape index (κ1) is 11.5. The van der Waals surface area contributed by atoms with Crippen LogP contribution in [0.15, 0.2) is 24.4 Å². The fraction of sp³-hybridized carbons (Fsp3) is 0.273. The van der Waals surface area contributed by atoms with E-state index in [0.717, 1.165) is 6.07 Å². The summed E-state index contributed by atoms with van der Waals surface area (Å²) in [6, 6.07) is 4.22. The molecule has 0 spiro atoms. The molecule has 0 bridgehead atoms. The molecule has 1 nitrogen and oxygen atoms in total. The van der Waals surface area contributed by atoms with Gasteiger partial charge in [-0.15, -0.1) is 0 Å². The molecule has 0 amide bonds. The summed E-state index contributed by atoms with van der Waals surface area (Å²) in [5.74, 6) is 0. The van der Waals surface area contributed by atoms with Crippen molar-refractivity contribution in [2.45, 2.75) is 11.1 Å². The van der Waals surface area contributed by atoms with E-state index in [1.54, 1.807) is 30.3 Å². The van der Waals surface area contributed by atoms with Crippen LogP contribution in [0.5, 0.6) is 0 Å². The normalized spacial score (nSPS) is 19.8. The van der Waals surface area contributed by atoms with Gasteiger partial charge in [-0.25, -0.2) is 0 Å². The number of benzene rings is 1. The summed E-state index contributed by atoms with van der Waals surface area (Å²) in [6.45, 7) is 0. The number of alkyl halides is 4. The molecule has 0 saturated carbocycles. The Hall–Kier alpha value is -0.970. The van der Waals surface area contributed by atoms with Crippen LogP contribution in [0.3, 0.4) is 0 Å². The lowest BCUT2D eigenvalue weighted by molar-refractivity contribution is -0.138. The second-order valence-electron chi connectivity index (χ2n) is 3.62. The van der Waals surface area contributed by atoms with Gasteiger partial charge in [0.15, 0.2) is 0 Å². The van der Waals surface area contributed by atoms with E-state index in [9.17, 15) is 13.2 Å². The molecule has 0 fully saturated rings. The highest BCUT2D eigenvalue weighted by atomic mass is 79.9. The molecule has 0 aliphatic carbocycles. The lowest BCUT2D eigenvalue weighted by Crippen LogP contribution is -2.22. The maximum absolute atomic E-state index is 12.8. The Kier molecular flexibility index (Phi) is 2.74. The molecule has 86 valence electrons. The van der Waals surface area contributed by atoms with Crippen LogP contribution in [0, 0.1) is 0 Å². The largest absolute Gasteiger partial charge is 0.416 e. The van der Waals surface area contributed by atoms with Gasteiger partial charge in [-0.1, -0.05) is 28.1 Å². The van der Waals surface area contributed by atoms with Gasteiger partial charge in [-0.2, -0.15) is 13.2 Å². The fourth-order valence-electron chi connectivity index (χ4n) is 1.72. The first-order chi connectivity index (χ1) is 7.41. The number of halogens is 4. The van der Waals surface area contributed by atoms with Crippen molar-refractivity contribution in [2.24, 2.45) is 0 Å². The lowest BCUT2D eigenvalue weighted by atomic mass is 9.98. The van der Waals surface area contributed by atoms with Crippen molar-refractivity contribution >= 4 is 22.0 Å². The van der Waals surface area contributed by atoms with Gasteiger partial charge in [0.2, 0.25) is 0 Å². The van der Waals surface area contributed by atoms with E-state index >= 15 is 0 Å². The maximum Gasteiger partial charge on any atom is 0.416 e. The molecule has 5 heteroatoms. The highest BCUT2D eigenvalue weighted by Gasteiger charge is 2.37. The minimum atomic E-state index is -4.32. The van der Waals surface area contributed by atoms with Crippen molar-refractivity contribution in [1.29, 1.82) is 0 Å². The Morgan fingerprint density at radius 3 is 2.62 bits per heavy atom. The van der Waals surface area contributed by atoms with Gasteiger partial charge < -0.3 is 4.90 Å². The zero-order valence-electron chi connectivity index (χ0n) is 8.42. The van der Waals surface area contributed by atoms with Crippen LogP contribution in [0.4, 0.5) is 13.2 Å². The van der Waals surface area contributed by atoms with Gasteiger partial charge in [0.25, 0.3) is 0 Å². The molecular weight excluding hydrogens is 283 g/mol. The van der Waals surface area contributed by atoms with E-state index in [-0.39, 0.29) is 5.56 Å². The summed E-state index contributed by atoms with van der Waals surface area (Å²) < 4.78 is 38.4. The van der Waals surface area contributed by atoms with Crippen molar-refractivity contribution in [2.75, 3.05) is 7.05 Å². The minimum Gasteiger partial charge on any atom is -0.364 e. The van der Waals surface area contributed by atoms with Crippen LogP contribution < -0.4 is 0 Å². The van der Waals surface area contributed by atoms with Crippen LogP contribution in [-0.4, -0.2) is 11.9 Å². The molecule has 1 aliphatic heterocycles. The van der Waals surface area contributed by atoms with Crippen molar-refractivity contribution < 1.29 is 13.2 Å². The molecule has 1 heterocycles. The summed E-state index contributed by atoms with van der Waals surface area (Å²) in [6.07, 6.45) is -0.881. The summed E-state index contributed by atoms with van der Waals surface area (Å²) in [4.78, 5) is 1.25. The molecular formula is C11H9BrF3N. The SMILES string of the molecule is CN1C=Cc2cccc(C(F)(F)F)c2C1Br. The molecule has 1 unspecified atom stereocenters. The first-order valence-electron chi connectivity index (χ1n) is 4.65.